The second kappa shape index (κ2) is 6.93. The van der Waals surface area contributed by atoms with Crippen LogP contribution >= 0.6 is 0 Å². The summed E-state index contributed by atoms with van der Waals surface area (Å²) in [4.78, 5) is 6.86. The highest BCUT2D eigenvalue weighted by Crippen LogP contribution is 2.37. The van der Waals surface area contributed by atoms with Crippen LogP contribution in [0.3, 0.4) is 0 Å². The molecule has 1 aromatic carbocycles. The lowest BCUT2D eigenvalue weighted by Crippen LogP contribution is -2.40. The van der Waals surface area contributed by atoms with Gasteiger partial charge in [-0.05, 0) is 36.0 Å². The third-order valence-corrected chi connectivity index (χ3v) is 6.05. The first-order chi connectivity index (χ1) is 11.5. The van der Waals surface area contributed by atoms with Gasteiger partial charge in [-0.2, -0.15) is 0 Å². The van der Waals surface area contributed by atoms with E-state index in [1.54, 1.807) is 18.3 Å². The van der Waals surface area contributed by atoms with E-state index in [1.165, 1.54) is 11.8 Å². The maximum atomic E-state index is 12.1. The molecule has 0 saturated carbocycles. The minimum absolute atomic E-state index is 0.331. The molecule has 2 heterocycles. The Morgan fingerprint density at radius 2 is 1.92 bits per heavy atom. The number of hydrogen-bond donors (Lipinski definition) is 0. The Hall–Kier alpha value is -1.88. The lowest BCUT2D eigenvalue weighted by Gasteiger charge is -2.39. The molecule has 0 amide bonds. The summed E-state index contributed by atoms with van der Waals surface area (Å²) in [6, 6.07) is 14.0. The summed E-state index contributed by atoms with van der Waals surface area (Å²) in [6.45, 7) is 3.88. The zero-order valence-electron chi connectivity index (χ0n) is 14.2. The predicted octanol–water partition coefficient (Wildman–Crippen LogP) is 3.51. The van der Waals surface area contributed by atoms with E-state index in [1.807, 2.05) is 6.07 Å². The van der Waals surface area contributed by atoms with Crippen molar-refractivity contribution in [2.75, 3.05) is 24.2 Å². The number of hydrogen-bond acceptors (Lipinski definition) is 4. The number of rotatable bonds is 4. The van der Waals surface area contributed by atoms with Gasteiger partial charge in [0.25, 0.3) is 0 Å². The topological polar surface area (TPSA) is 50.3 Å². The van der Waals surface area contributed by atoms with Gasteiger partial charge in [-0.3, -0.25) is 0 Å². The Kier molecular flexibility index (Phi) is 4.90. The van der Waals surface area contributed by atoms with Crippen molar-refractivity contribution in [1.82, 2.24) is 4.98 Å². The third-order valence-electron chi connectivity index (χ3n) is 4.94. The average Bonchev–Trinajstić information content (AvgIpc) is 2.61. The van der Waals surface area contributed by atoms with Crippen molar-refractivity contribution in [3.63, 3.8) is 0 Å². The Morgan fingerprint density at radius 3 is 2.58 bits per heavy atom. The summed E-state index contributed by atoms with van der Waals surface area (Å²) in [5, 5.41) is 0. The van der Waals surface area contributed by atoms with E-state index in [0.717, 1.165) is 25.9 Å². The summed E-state index contributed by atoms with van der Waals surface area (Å²) in [5.41, 5.74) is 1.38. The molecule has 128 valence electrons. The minimum Gasteiger partial charge on any atom is -0.355 e. The van der Waals surface area contributed by atoms with Gasteiger partial charge in [-0.1, -0.05) is 43.7 Å². The van der Waals surface area contributed by atoms with E-state index in [2.05, 4.69) is 41.1 Å². The van der Waals surface area contributed by atoms with Gasteiger partial charge in [0.2, 0.25) is 0 Å². The molecule has 1 aliphatic rings. The van der Waals surface area contributed by atoms with Crippen LogP contribution in [0.2, 0.25) is 0 Å². The summed E-state index contributed by atoms with van der Waals surface area (Å²) in [6.07, 6.45) is 5.01. The smallest absolute Gasteiger partial charge is 0.179 e. The molecule has 2 atom stereocenters. The van der Waals surface area contributed by atoms with Crippen molar-refractivity contribution in [1.29, 1.82) is 0 Å². The highest BCUT2D eigenvalue weighted by Gasteiger charge is 2.31. The number of benzene rings is 1. The standard InChI is InChI=1S/C19H24N2O2S/c1-3-15-14-21(13-11-17(15)16-8-5-4-6-9-16)19-18(24(2,22)23)10-7-12-20-19/h4-10,12,15,17H,3,11,13-14H2,1-2H3. The molecular formula is C19H24N2O2S. The number of nitrogens with zero attached hydrogens (tertiary/aromatic N) is 2. The molecule has 3 rings (SSSR count). The van der Waals surface area contributed by atoms with Crippen LogP contribution in [0, 0.1) is 5.92 Å². The van der Waals surface area contributed by atoms with E-state index in [9.17, 15) is 8.42 Å². The molecule has 2 aromatic rings. The van der Waals surface area contributed by atoms with Crippen LogP contribution in [0.15, 0.2) is 53.6 Å². The minimum atomic E-state index is -3.28. The molecule has 1 aliphatic heterocycles. The van der Waals surface area contributed by atoms with Crippen LogP contribution in [0.1, 0.15) is 31.2 Å². The largest absolute Gasteiger partial charge is 0.355 e. The number of sulfone groups is 1. The number of pyridine rings is 1. The Bertz CT molecular complexity index is 790. The Morgan fingerprint density at radius 1 is 1.17 bits per heavy atom. The maximum Gasteiger partial charge on any atom is 0.179 e. The maximum absolute atomic E-state index is 12.1. The Labute approximate surface area is 144 Å². The molecule has 0 spiro atoms. The van der Waals surface area contributed by atoms with Crippen LogP contribution in [0.25, 0.3) is 0 Å². The molecule has 0 bridgehead atoms. The molecule has 1 fully saturated rings. The SMILES string of the molecule is CCC1CN(c2ncccc2S(C)(=O)=O)CCC1c1ccccc1. The lowest BCUT2D eigenvalue weighted by atomic mass is 9.79. The first kappa shape index (κ1) is 17.0. The summed E-state index contributed by atoms with van der Waals surface area (Å²) >= 11 is 0. The third kappa shape index (κ3) is 3.46. The van der Waals surface area contributed by atoms with E-state index in [0.29, 0.717) is 22.5 Å². The van der Waals surface area contributed by atoms with Gasteiger partial charge in [0.05, 0.1) is 0 Å². The van der Waals surface area contributed by atoms with E-state index in [4.69, 9.17) is 0 Å². The number of piperidine rings is 1. The van der Waals surface area contributed by atoms with Crippen molar-refractivity contribution < 1.29 is 8.42 Å². The van der Waals surface area contributed by atoms with E-state index in [-0.39, 0.29) is 0 Å². The Balaban J connectivity index is 1.87. The molecule has 24 heavy (non-hydrogen) atoms. The molecular weight excluding hydrogens is 320 g/mol. The van der Waals surface area contributed by atoms with Crippen LogP contribution in [0.4, 0.5) is 5.82 Å². The van der Waals surface area contributed by atoms with Crippen LogP contribution in [-0.4, -0.2) is 32.7 Å². The van der Waals surface area contributed by atoms with Gasteiger partial charge in [0, 0.05) is 25.5 Å². The highest BCUT2D eigenvalue weighted by molar-refractivity contribution is 7.90. The van der Waals surface area contributed by atoms with Gasteiger partial charge in [0.1, 0.15) is 10.7 Å². The van der Waals surface area contributed by atoms with Crippen molar-refractivity contribution in [2.24, 2.45) is 5.92 Å². The molecule has 5 heteroatoms. The first-order valence-corrected chi connectivity index (χ1v) is 10.3. The van der Waals surface area contributed by atoms with Crippen LogP contribution < -0.4 is 4.90 Å². The molecule has 0 radical (unpaired) electrons. The molecule has 0 N–H and O–H groups in total. The number of aromatic nitrogens is 1. The van der Waals surface area contributed by atoms with E-state index < -0.39 is 9.84 Å². The average molecular weight is 344 g/mol. The van der Waals surface area contributed by atoms with Gasteiger partial charge in [-0.15, -0.1) is 0 Å². The zero-order valence-corrected chi connectivity index (χ0v) is 15.0. The normalized spacial score (nSPS) is 21.7. The summed E-state index contributed by atoms with van der Waals surface area (Å²) < 4.78 is 24.1. The molecule has 1 aromatic heterocycles. The molecule has 0 aliphatic carbocycles. The fourth-order valence-corrected chi connectivity index (χ4v) is 4.53. The van der Waals surface area contributed by atoms with E-state index >= 15 is 0 Å². The molecule has 4 nitrogen and oxygen atoms in total. The predicted molar refractivity (Wildman–Crippen MR) is 97.1 cm³/mol. The van der Waals surface area contributed by atoms with Gasteiger partial charge < -0.3 is 4.90 Å². The van der Waals surface area contributed by atoms with Gasteiger partial charge in [0.15, 0.2) is 9.84 Å². The van der Waals surface area contributed by atoms with Gasteiger partial charge in [-0.25, -0.2) is 13.4 Å². The van der Waals surface area contributed by atoms with Crippen LogP contribution in [0.5, 0.6) is 0 Å². The van der Waals surface area contributed by atoms with Crippen LogP contribution in [-0.2, 0) is 9.84 Å². The zero-order chi connectivity index (χ0) is 17.2. The fourth-order valence-electron chi connectivity index (χ4n) is 3.69. The van der Waals surface area contributed by atoms with Crippen molar-refractivity contribution >= 4 is 15.7 Å². The lowest BCUT2D eigenvalue weighted by molar-refractivity contribution is 0.345. The first-order valence-electron chi connectivity index (χ1n) is 8.45. The fraction of sp³-hybridized carbons (Fsp3) is 0.421. The highest BCUT2D eigenvalue weighted by atomic mass is 32.2. The van der Waals surface area contributed by atoms with Crippen molar-refractivity contribution in [3.05, 3.63) is 54.2 Å². The second-order valence-corrected chi connectivity index (χ2v) is 8.50. The van der Waals surface area contributed by atoms with Crippen molar-refractivity contribution in [2.45, 2.75) is 30.6 Å². The summed E-state index contributed by atoms with van der Waals surface area (Å²) in [5.74, 6) is 1.62. The number of anilines is 1. The van der Waals surface area contributed by atoms with Crippen molar-refractivity contribution in [3.8, 4) is 0 Å². The monoisotopic (exact) mass is 344 g/mol. The second-order valence-electron chi connectivity index (χ2n) is 6.52. The molecule has 2 unspecified atom stereocenters. The summed E-state index contributed by atoms with van der Waals surface area (Å²) in [7, 11) is -3.28. The molecule has 1 saturated heterocycles. The quantitative estimate of drug-likeness (QED) is 0.852. The van der Waals surface area contributed by atoms with Gasteiger partial charge >= 0.3 is 0 Å².